The van der Waals surface area contributed by atoms with Crippen LogP contribution >= 0.6 is 11.8 Å². The van der Waals surface area contributed by atoms with Crippen LogP contribution in [0.2, 0.25) is 0 Å². The molecule has 14 nitrogen and oxygen atoms in total. The first-order chi connectivity index (χ1) is 19.5. The number of unbranched alkanes of at least 4 members (excludes halogenated alkanes) is 1. The molecule has 0 aromatic heterocycles. The number of carboxylic acids is 1. The second-order valence-corrected chi connectivity index (χ2v) is 10.5. The first kappa shape index (κ1) is 35.5. The smallest absolute Gasteiger partial charge is 0.326 e. The van der Waals surface area contributed by atoms with Gasteiger partial charge in [0.1, 0.15) is 23.9 Å². The van der Waals surface area contributed by atoms with Crippen molar-refractivity contribution in [1.82, 2.24) is 16.0 Å². The number of nitrogens with one attached hydrogen (secondary N) is 3. The molecule has 0 aliphatic heterocycles. The van der Waals surface area contributed by atoms with Crippen LogP contribution in [-0.2, 0) is 25.6 Å². The number of phenolic OH excluding ortho intramolecular Hbond substituents is 1. The molecule has 0 saturated carbocycles. The van der Waals surface area contributed by atoms with Gasteiger partial charge in [0.25, 0.3) is 0 Å². The summed E-state index contributed by atoms with van der Waals surface area (Å²) in [6.45, 7) is 0.673. The van der Waals surface area contributed by atoms with E-state index in [1.807, 2.05) is 6.26 Å². The highest BCUT2D eigenvalue weighted by Gasteiger charge is 2.30. The number of amides is 3. The normalized spacial score (nSPS) is 13.7. The third-order valence-electron chi connectivity index (χ3n) is 6.12. The molecular weight excluding hydrogens is 552 g/mol. The Morgan fingerprint density at radius 1 is 0.878 bits per heavy atom. The largest absolute Gasteiger partial charge is 0.508 e. The molecule has 15 heteroatoms. The molecular formula is C26H44N8O6S. The summed E-state index contributed by atoms with van der Waals surface area (Å²) in [6.07, 6.45) is 4.21. The number of aromatic hydroxyl groups is 1. The molecule has 1 aromatic rings. The van der Waals surface area contributed by atoms with Crippen molar-refractivity contribution < 1.29 is 29.4 Å². The molecule has 0 radical (unpaired) electrons. The Bertz CT molecular complexity index is 1010. The fraction of sp³-hybridized carbons (Fsp3) is 0.577. The van der Waals surface area contributed by atoms with Crippen LogP contribution in [-0.4, -0.2) is 89.1 Å². The summed E-state index contributed by atoms with van der Waals surface area (Å²) in [5, 5.41) is 27.0. The van der Waals surface area contributed by atoms with Crippen molar-refractivity contribution in [3.05, 3.63) is 29.8 Å². The van der Waals surface area contributed by atoms with E-state index in [2.05, 4.69) is 20.9 Å². The first-order valence-corrected chi connectivity index (χ1v) is 14.8. The van der Waals surface area contributed by atoms with E-state index in [0.717, 1.165) is 0 Å². The summed E-state index contributed by atoms with van der Waals surface area (Å²) in [5.74, 6) is -2.69. The number of carbonyl (C=O) groups is 4. The van der Waals surface area contributed by atoms with Gasteiger partial charge in [-0.05, 0) is 68.4 Å². The highest BCUT2D eigenvalue weighted by Crippen LogP contribution is 2.13. The van der Waals surface area contributed by atoms with E-state index in [1.54, 1.807) is 12.1 Å². The number of nitrogens with two attached hydrogens (primary N) is 4. The van der Waals surface area contributed by atoms with Gasteiger partial charge in [-0.3, -0.25) is 19.4 Å². The van der Waals surface area contributed by atoms with Gasteiger partial charge in [-0.15, -0.1) is 0 Å². The lowest BCUT2D eigenvalue weighted by atomic mass is 10.0. The minimum atomic E-state index is -1.20. The minimum Gasteiger partial charge on any atom is -0.508 e. The molecule has 0 fully saturated rings. The standard InChI is InChI=1S/C26H44N8O6S/c1-41-14-11-20(25(39)40)33-24(38)21(15-16-7-9-17(35)10-8-16)34-23(37)19(6-4-13-31-26(29)30)32-22(36)18(28)5-2-3-12-27/h7-10,18-21,35H,2-6,11-15,27-28H2,1H3,(H,32,36)(H,33,38)(H,34,37)(H,39,40)(H4,29,30,31). The van der Waals surface area contributed by atoms with Crippen LogP contribution in [0, 0.1) is 0 Å². The predicted molar refractivity (Wildman–Crippen MR) is 159 cm³/mol. The zero-order valence-electron chi connectivity index (χ0n) is 23.4. The number of aliphatic imine (C=N–C) groups is 1. The van der Waals surface area contributed by atoms with E-state index in [-0.39, 0.29) is 37.5 Å². The number of guanidine groups is 1. The van der Waals surface area contributed by atoms with Crippen molar-refractivity contribution >= 4 is 41.4 Å². The Morgan fingerprint density at radius 2 is 1.49 bits per heavy atom. The van der Waals surface area contributed by atoms with Gasteiger partial charge in [-0.1, -0.05) is 18.6 Å². The lowest BCUT2D eigenvalue weighted by Crippen LogP contribution is -2.57. The zero-order valence-corrected chi connectivity index (χ0v) is 24.2. The van der Waals surface area contributed by atoms with Crippen LogP contribution in [0.1, 0.15) is 44.1 Å². The van der Waals surface area contributed by atoms with Crippen LogP contribution in [0.3, 0.4) is 0 Å². The van der Waals surface area contributed by atoms with Crippen molar-refractivity contribution in [3.63, 3.8) is 0 Å². The molecule has 4 unspecified atom stereocenters. The topological polar surface area (TPSA) is 261 Å². The van der Waals surface area contributed by atoms with E-state index in [9.17, 15) is 29.4 Å². The van der Waals surface area contributed by atoms with Gasteiger partial charge in [0.2, 0.25) is 17.7 Å². The van der Waals surface area contributed by atoms with E-state index >= 15 is 0 Å². The number of benzene rings is 1. The highest BCUT2D eigenvalue weighted by atomic mass is 32.2. The maximum atomic E-state index is 13.4. The van der Waals surface area contributed by atoms with Crippen molar-refractivity contribution in [3.8, 4) is 5.75 Å². The minimum absolute atomic E-state index is 0.0000102. The van der Waals surface area contributed by atoms with Gasteiger partial charge < -0.3 is 49.1 Å². The Hall–Kier alpha value is -3.56. The Morgan fingerprint density at radius 3 is 2.07 bits per heavy atom. The number of rotatable bonds is 20. The second kappa shape index (κ2) is 19.5. The van der Waals surface area contributed by atoms with Crippen molar-refractivity contribution in [1.29, 1.82) is 0 Å². The number of thioether (sulfide) groups is 1. The van der Waals surface area contributed by atoms with Gasteiger partial charge in [0, 0.05) is 13.0 Å². The summed E-state index contributed by atoms with van der Waals surface area (Å²) in [4.78, 5) is 55.1. The van der Waals surface area contributed by atoms with Gasteiger partial charge in [-0.25, -0.2) is 4.79 Å². The van der Waals surface area contributed by atoms with Gasteiger partial charge in [0.15, 0.2) is 5.96 Å². The summed E-state index contributed by atoms with van der Waals surface area (Å²) in [6, 6.07) is 1.76. The quantitative estimate of drug-likeness (QED) is 0.0487. The van der Waals surface area contributed by atoms with E-state index in [1.165, 1.54) is 23.9 Å². The van der Waals surface area contributed by atoms with Gasteiger partial charge in [0.05, 0.1) is 6.04 Å². The predicted octanol–water partition coefficient (Wildman–Crippen LogP) is -1.26. The Balaban J connectivity index is 3.15. The van der Waals surface area contributed by atoms with Crippen molar-refractivity contribution in [2.75, 3.05) is 25.1 Å². The lowest BCUT2D eigenvalue weighted by molar-refractivity contribution is -0.142. The number of hydrogen-bond donors (Lipinski definition) is 9. The average Bonchev–Trinajstić information content (AvgIpc) is 2.92. The fourth-order valence-electron chi connectivity index (χ4n) is 3.81. The van der Waals surface area contributed by atoms with Crippen LogP contribution < -0.4 is 38.9 Å². The monoisotopic (exact) mass is 596 g/mol. The molecule has 3 amide bonds. The van der Waals surface area contributed by atoms with Crippen LogP contribution in [0.15, 0.2) is 29.3 Å². The molecule has 0 bridgehead atoms. The lowest BCUT2D eigenvalue weighted by Gasteiger charge is -2.25. The summed E-state index contributed by atoms with van der Waals surface area (Å²) in [7, 11) is 0. The third-order valence-corrected chi connectivity index (χ3v) is 6.76. The average molecular weight is 597 g/mol. The molecule has 1 aromatic carbocycles. The molecule has 13 N–H and O–H groups in total. The Labute approximate surface area is 244 Å². The number of phenols is 1. The van der Waals surface area contributed by atoms with Gasteiger partial charge in [-0.2, -0.15) is 11.8 Å². The number of nitrogens with zero attached hydrogens (tertiary/aromatic N) is 1. The Kier molecular flexibility index (Phi) is 16.9. The maximum Gasteiger partial charge on any atom is 0.326 e. The zero-order chi connectivity index (χ0) is 30.8. The SMILES string of the molecule is CSCCC(NC(=O)C(Cc1ccc(O)cc1)NC(=O)C(CCCN=C(N)N)NC(=O)C(N)CCCCN)C(=O)O. The van der Waals surface area contributed by atoms with Crippen molar-refractivity contribution in [2.45, 2.75) is 69.1 Å². The molecule has 0 spiro atoms. The van der Waals surface area contributed by atoms with Crippen LogP contribution in [0.4, 0.5) is 0 Å². The number of carboxylic acid groups (broad SMARTS) is 1. The highest BCUT2D eigenvalue weighted by molar-refractivity contribution is 7.98. The molecule has 0 heterocycles. The molecule has 230 valence electrons. The van der Waals surface area contributed by atoms with Crippen LogP contribution in [0.25, 0.3) is 0 Å². The van der Waals surface area contributed by atoms with E-state index in [4.69, 9.17) is 22.9 Å². The van der Waals surface area contributed by atoms with Crippen LogP contribution in [0.5, 0.6) is 5.75 Å². The fourth-order valence-corrected chi connectivity index (χ4v) is 4.28. The molecule has 41 heavy (non-hydrogen) atoms. The third kappa shape index (κ3) is 14.6. The maximum absolute atomic E-state index is 13.4. The summed E-state index contributed by atoms with van der Waals surface area (Å²) in [5.41, 5.74) is 22.9. The summed E-state index contributed by atoms with van der Waals surface area (Å²) >= 11 is 1.44. The van der Waals surface area contributed by atoms with E-state index < -0.39 is 47.9 Å². The second-order valence-electron chi connectivity index (χ2n) is 9.51. The number of aliphatic carboxylic acids is 1. The van der Waals surface area contributed by atoms with Crippen molar-refractivity contribution in [2.24, 2.45) is 27.9 Å². The molecule has 0 saturated heterocycles. The molecule has 0 aliphatic carbocycles. The van der Waals surface area contributed by atoms with E-state index in [0.29, 0.717) is 43.5 Å². The molecule has 0 aliphatic rings. The number of carbonyl (C=O) groups excluding carboxylic acids is 3. The molecule has 1 rings (SSSR count). The summed E-state index contributed by atoms with van der Waals surface area (Å²) < 4.78 is 0. The van der Waals surface area contributed by atoms with Gasteiger partial charge >= 0.3 is 5.97 Å². The first-order valence-electron chi connectivity index (χ1n) is 13.4. The number of hydrogen-bond acceptors (Lipinski definition) is 9. The molecule has 4 atom stereocenters.